The maximum Gasteiger partial charge on any atom is 0.254 e. The van der Waals surface area contributed by atoms with Crippen molar-refractivity contribution in [3.8, 4) is 17.2 Å². The van der Waals surface area contributed by atoms with Crippen LogP contribution in [-0.2, 0) is 10.0 Å². The van der Waals surface area contributed by atoms with Crippen molar-refractivity contribution >= 4 is 21.6 Å². The number of sulfonamides is 1. The molecule has 0 bridgehead atoms. The lowest BCUT2D eigenvalue weighted by molar-refractivity contribution is 0.0940. The van der Waals surface area contributed by atoms with Crippen LogP contribution < -0.4 is 23.8 Å². The molecule has 164 valence electrons. The molecule has 0 aromatic heterocycles. The number of anilines is 1. The molecule has 0 spiro atoms. The molecule has 0 radical (unpaired) electrons. The van der Waals surface area contributed by atoms with Gasteiger partial charge in [0.25, 0.3) is 5.91 Å². The number of hydrogen-bond donors (Lipinski definition) is 1. The largest absolute Gasteiger partial charge is 0.497 e. The summed E-state index contributed by atoms with van der Waals surface area (Å²) >= 11 is 0. The third-order valence-corrected chi connectivity index (χ3v) is 6.59. The lowest BCUT2D eigenvalue weighted by Crippen LogP contribution is -2.32. The van der Waals surface area contributed by atoms with E-state index in [9.17, 15) is 13.2 Å². The highest BCUT2D eigenvalue weighted by Gasteiger charge is 2.25. The highest BCUT2D eigenvalue weighted by Crippen LogP contribution is 2.36. The van der Waals surface area contributed by atoms with Crippen LogP contribution in [0.1, 0.15) is 35.8 Å². The van der Waals surface area contributed by atoms with E-state index in [-0.39, 0.29) is 23.0 Å². The molecule has 0 unspecified atom stereocenters. The Bertz CT molecular complexity index is 989. The Kier molecular flexibility index (Phi) is 7.55. The third-order valence-electron chi connectivity index (χ3n) is 4.83. The van der Waals surface area contributed by atoms with Gasteiger partial charge in [0, 0.05) is 13.1 Å². The molecule has 1 N–H and O–H groups in total. The Balaban J connectivity index is 2.45. The van der Waals surface area contributed by atoms with Crippen molar-refractivity contribution in [1.29, 1.82) is 0 Å². The fraction of sp³-hybridized carbons (Fsp3) is 0.381. The molecule has 2 aromatic carbocycles. The van der Waals surface area contributed by atoms with Crippen molar-refractivity contribution in [3.05, 3.63) is 47.5 Å². The number of benzene rings is 2. The number of carbonyl (C=O) groups excluding carboxylic acids is 1. The van der Waals surface area contributed by atoms with Crippen LogP contribution in [-0.4, -0.2) is 48.5 Å². The van der Waals surface area contributed by atoms with E-state index >= 15 is 0 Å². The fourth-order valence-electron chi connectivity index (χ4n) is 2.90. The second-order valence-electron chi connectivity index (χ2n) is 6.56. The highest BCUT2D eigenvalue weighted by atomic mass is 32.2. The van der Waals surface area contributed by atoms with Crippen LogP contribution in [0, 0.1) is 0 Å². The average Bonchev–Trinajstić information content (AvgIpc) is 2.77. The SMILES string of the molecule is CCS(=O)(=O)N(C)c1cc(OC)c(OC)cc1C(=O)N[C@@H](C)c1ccc(OC)cc1. The summed E-state index contributed by atoms with van der Waals surface area (Å²) < 4.78 is 41.7. The Morgan fingerprint density at radius 1 is 1.03 bits per heavy atom. The molecule has 1 amide bonds. The van der Waals surface area contributed by atoms with E-state index < -0.39 is 15.9 Å². The maximum atomic E-state index is 13.1. The van der Waals surface area contributed by atoms with Gasteiger partial charge in [-0.05, 0) is 37.6 Å². The lowest BCUT2D eigenvalue weighted by atomic mass is 10.1. The first kappa shape index (κ1) is 23.3. The van der Waals surface area contributed by atoms with Gasteiger partial charge in [0.05, 0.1) is 44.4 Å². The summed E-state index contributed by atoms with van der Waals surface area (Å²) in [5.41, 5.74) is 1.24. The van der Waals surface area contributed by atoms with Gasteiger partial charge in [-0.2, -0.15) is 0 Å². The number of methoxy groups -OCH3 is 3. The predicted octanol–water partition coefficient (Wildman–Crippen LogP) is 2.99. The predicted molar refractivity (Wildman–Crippen MR) is 116 cm³/mol. The zero-order valence-electron chi connectivity index (χ0n) is 18.1. The third kappa shape index (κ3) is 4.96. The molecule has 8 nitrogen and oxygen atoms in total. The van der Waals surface area contributed by atoms with E-state index in [0.717, 1.165) is 9.87 Å². The van der Waals surface area contributed by atoms with Crippen molar-refractivity contribution in [2.45, 2.75) is 19.9 Å². The summed E-state index contributed by atoms with van der Waals surface area (Å²) in [6.45, 7) is 3.38. The highest BCUT2D eigenvalue weighted by molar-refractivity contribution is 7.92. The molecule has 2 aromatic rings. The molecule has 0 saturated carbocycles. The van der Waals surface area contributed by atoms with Gasteiger partial charge in [0.15, 0.2) is 11.5 Å². The van der Waals surface area contributed by atoms with Crippen LogP contribution in [0.15, 0.2) is 36.4 Å². The summed E-state index contributed by atoms with van der Waals surface area (Å²) in [5.74, 6) is 0.815. The van der Waals surface area contributed by atoms with Crippen LogP contribution in [0.4, 0.5) is 5.69 Å². The topological polar surface area (TPSA) is 94.2 Å². The van der Waals surface area contributed by atoms with E-state index in [2.05, 4.69) is 5.32 Å². The van der Waals surface area contributed by atoms with Crippen molar-refractivity contribution in [3.63, 3.8) is 0 Å². The molecule has 0 saturated heterocycles. The molecule has 0 aliphatic heterocycles. The van der Waals surface area contributed by atoms with Crippen LogP contribution in [0.25, 0.3) is 0 Å². The van der Waals surface area contributed by atoms with Crippen LogP contribution in [0.2, 0.25) is 0 Å². The number of rotatable bonds is 9. The van der Waals surface area contributed by atoms with Crippen molar-refractivity contribution in [2.24, 2.45) is 0 Å². The molecule has 0 heterocycles. The van der Waals surface area contributed by atoms with E-state index in [4.69, 9.17) is 14.2 Å². The van der Waals surface area contributed by atoms with Gasteiger partial charge in [-0.25, -0.2) is 8.42 Å². The van der Waals surface area contributed by atoms with E-state index in [0.29, 0.717) is 17.2 Å². The van der Waals surface area contributed by atoms with Gasteiger partial charge in [0.1, 0.15) is 5.75 Å². The summed E-state index contributed by atoms with van der Waals surface area (Å²) in [7, 11) is 2.29. The first-order valence-electron chi connectivity index (χ1n) is 9.35. The maximum absolute atomic E-state index is 13.1. The van der Waals surface area contributed by atoms with Gasteiger partial charge in [-0.1, -0.05) is 12.1 Å². The van der Waals surface area contributed by atoms with Gasteiger partial charge < -0.3 is 19.5 Å². The van der Waals surface area contributed by atoms with E-state index in [1.807, 2.05) is 19.1 Å². The van der Waals surface area contributed by atoms with Gasteiger partial charge >= 0.3 is 0 Å². The number of nitrogens with zero attached hydrogens (tertiary/aromatic N) is 1. The van der Waals surface area contributed by atoms with Crippen LogP contribution in [0.5, 0.6) is 17.2 Å². The molecule has 2 rings (SSSR count). The number of amides is 1. The first-order valence-corrected chi connectivity index (χ1v) is 11.0. The lowest BCUT2D eigenvalue weighted by Gasteiger charge is -2.24. The van der Waals surface area contributed by atoms with Crippen molar-refractivity contribution in [2.75, 3.05) is 38.4 Å². The summed E-state index contributed by atoms with van der Waals surface area (Å²) in [4.78, 5) is 13.1. The fourth-order valence-corrected chi connectivity index (χ4v) is 3.74. The van der Waals surface area contributed by atoms with Gasteiger partial charge in [-0.15, -0.1) is 0 Å². The first-order chi connectivity index (χ1) is 14.2. The van der Waals surface area contributed by atoms with Crippen LogP contribution >= 0.6 is 0 Å². The molecular weight excluding hydrogens is 408 g/mol. The van der Waals surface area contributed by atoms with Crippen molar-refractivity contribution in [1.82, 2.24) is 5.32 Å². The number of nitrogens with one attached hydrogen (secondary N) is 1. The van der Waals surface area contributed by atoms with E-state index in [1.165, 1.54) is 40.3 Å². The molecule has 9 heteroatoms. The van der Waals surface area contributed by atoms with E-state index in [1.54, 1.807) is 19.2 Å². The number of carbonyl (C=O) groups is 1. The second-order valence-corrected chi connectivity index (χ2v) is 8.85. The van der Waals surface area contributed by atoms with Crippen molar-refractivity contribution < 1.29 is 27.4 Å². The zero-order valence-corrected chi connectivity index (χ0v) is 18.9. The Morgan fingerprint density at radius 3 is 2.10 bits per heavy atom. The molecule has 0 aliphatic rings. The molecule has 1 atom stereocenters. The summed E-state index contributed by atoms with van der Waals surface area (Å²) in [6, 6.07) is 9.96. The molecule has 0 fully saturated rings. The molecule has 0 aliphatic carbocycles. The minimum absolute atomic E-state index is 0.110. The molecular formula is C21H28N2O6S. The van der Waals surface area contributed by atoms with Gasteiger partial charge in [-0.3, -0.25) is 9.10 Å². The standard InChI is InChI=1S/C21H28N2O6S/c1-7-30(25,26)23(3)18-13-20(29-6)19(28-5)12-17(18)21(24)22-14(2)15-8-10-16(27-4)11-9-15/h8-14H,7H2,1-6H3,(H,22,24)/t14-/m0/s1. The Hall–Kier alpha value is -2.94. The average molecular weight is 437 g/mol. The second kappa shape index (κ2) is 9.71. The smallest absolute Gasteiger partial charge is 0.254 e. The molecule has 30 heavy (non-hydrogen) atoms. The summed E-state index contributed by atoms with van der Waals surface area (Å²) in [5, 5.41) is 2.91. The van der Waals surface area contributed by atoms with Crippen LogP contribution in [0.3, 0.4) is 0 Å². The van der Waals surface area contributed by atoms with Gasteiger partial charge in [0.2, 0.25) is 10.0 Å². The Labute approximate surface area is 177 Å². The minimum atomic E-state index is -3.60. The zero-order chi connectivity index (χ0) is 22.5. The monoisotopic (exact) mass is 436 g/mol. The quantitative estimate of drug-likeness (QED) is 0.649. The normalized spacial score (nSPS) is 12.1. The number of hydrogen-bond acceptors (Lipinski definition) is 6. The number of ether oxygens (including phenoxy) is 3. The Morgan fingerprint density at radius 2 is 1.60 bits per heavy atom. The minimum Gasteiger partial charge on any atom is -0.497 e. The summed E-state index contributed by atoms with van der Waals surface area (Å²) in [6.07, 6.45) is 0.